The molecule has 0 aromatic heterocycles. The SMILES string of the molecule is CC(C)NC(=O)C1CN(Cc2ccc(O)c(C#N)c2)C1. The van der Waals surface area contributed by atoms with Gasteiger partial charge in [-0.15, -0.1) is 0 Å². The highest BCUT2D eigenvalue weighted by molar-refractivity contribution is 5.80. The largest absolute Gasteiger partial charge is 0.507 e. The average Bonchev–Trinajstić information content (AvgIpc) is 2.34. The predicted molar refractivity (Wildman–Crippen MR) is 74.9 cm³/mol. The number of phenolic OH excluding ortho intramolecular Hbond substituents is 1. The first kappa shape index (κ1) is 14.4. The Kier molecular flexibility index (Phi) is 4.26. The smallest absolute Gasteiger partial charge is 0.225 e. The lowest BCUT2D eigenvalue weighted by atomic mass is 9.97. The van der Waals surface area contributed by atoms with Gasteiger partial charge in [0.1, 0.15) is 11.8 Å². The first-order chi connectivity index (χ1) is 9.49. The molecule has 1 aromatic carbocycles. The lowest BCUT2D eigenvalue weighted by Crippen LogP contribution is -2.53. The van der Waals surface area contributed by atoms with Crippen LogP contribution in [0.5, 0.6) is 5.75 Å². The zero-order valence-corrected chi connectivity index (χ0v) is 11.8. The second kappa shape index (κ2) is 5.93. The summed E-state index contributed by atoms with van der Waals surface area (Å²) in [5.74, 6) is 0.179. The van der Waals surface area contributed by atoms with Crippen molar-refractivity contribution < 1.29 is 9.90 Å². The van der Waals surface area contributed by atoms with Crippen molar-refractivity contribution in [2.24, 2.45) is 5.92 Å². The fraction of sp³-hybridized carbons (Fsp3) is 0.467. The summed E-state index contributed by atoms with van der Waals surface area (Å²) in [6, 6.07) is 7.17. The van der Waals surface area contributed by atoms with Gasteiger partial charge in [0.2, 0.25) is 5.91 Å². The van der Waals surface area contributed by atoms with E-state index in [-0.39, 0.29) is 29.2 Å². The number of carbonyl (C=O) groups is 1. The van der Waals surface area contributed by atoms with Gasteiger partial charge in [-0.05, 0) is 31.5 Å². The minimum absolute atomic E-state index is 0.00838. The summed E-state index contributed by atoms with van der Waals surface area (Å²) in [5.41, 5.74) is 1.26. The van der Waals surface area contributed by atoms with Gasteiger partial charge in [-0.2, -0.15) is 5.26 Å². The van der Waals surface area contributed by atoms with Gasteiger partial charge < -0.3 is 10.4 Å². The van der Waals surface area contributed by atoms with Crippen molar-refractivity contribution >= 4 is 5.91 Å². The molecule has 1 aliphatic heterocycles. The van der Waals surface area contributed by atoms with Crippen molar-refractivity contribution in [3.8, 4) is 11.8 Å². The third-order valence-corrected chi connectivity index (χ3v) is 3.35. The molecule has 20 heavy (non-hydrogen) atoms. The number of amides is 1. The standard InChI is InChI=1S/C15H19N3O2/c1-10(2)17-15(20)13-8-18(9-13)7-11-3-4-14(19)12(5-11)6-16/h3-5,10,13,19H,7-9H2,1-2H3,(H,17,20). The number of aromatic hydroxyl groups is 1. The molecule has 1 heterocycles. The predicted octanol–water partition coefficient (Wildman–Crippen LogP) is 1.22. The van der Waals surface area contributed by atoms with Gasteiger partial charge in [0.15, 0.2) is 0 Å². The molecule has 2 rings (SSSR count). The summed E-state index contributed by atoms with van der Waals surface area (Å²) in [6.07, 6.45) is 0. The average molecular weight is 273 g/mol. The monoisotopic (exact) mass is 273 g/mol. The van der Waals surface area contributed by atoms with Crippen LogP contribution in [-0.2, 0) is 11.3 Å². The Morgan fingerprint density at radius 3 is 2.85 bits per heavy atom. The van der Waals surface area contributed by atoms with Crippen LogP contribution in [0.3, 0.4) is 0 Å². The van der Waals surface area contributed by atoms with E-state index in [2.05, 4.69) is 10.2 Å². The van der Waals surface area contributed by atoms with Crippen molar-refractivity contribution in [3.05, 3.63) is 29.3 Å². The minimum Gasteiger partial charge on any atom is -0.507 e. The van der Waals surface area contributed by atoms with Crippen molar-refractivity contribution in [2.45, 2.75) is 26.4 Å². The Morgan fingerprint density at radius 2 is 2.25 bits per heavy atom. The molecule has 1 fully saturated rings. The summed E-state index contributed by atoms with van der Waals surface area (Å²) in [6.45, 7) is 6.07. The molecule has 1 aromatic rings. The molecule has 0 saturated carbocycles. The quantitative estimate of drug-likeness (QED) is 0.865. The van der Waals surface area contributed by atoms with Crippen LogP contribution in [-0.4, -0.2) is 35.0 Å². The second-order valence-electron chi connectivity index (χ2n) is 5.52. The summed E-state index contributed by atoms with van der Waals surface area (Å²) >= 11 is 0. The molecule has 0 aliphatic carbocycles. The van der Waals surface area contributed by atoms with Crippen molar-refractivity contribution in [1.29, 1.82) is 5.26 Å². The number of rotatable bonds is 4. The molecule has 1 saturated heterocycles. The van der Waals surface area contributed by atoms with Gasteiger partial charge in [-0.1, -0.05) is 6.07 Å². The maximum absolute atomic E-state index is 11.8. The number of hydrogen-bond acceptors (Lipinski definition) is 4. The Balaban J connectivity index is 1.86. The fourth-order valence-electron chi connectivity index (χ4n) is 2.30. The molecular formula is C15H19N3O2. The summed E-state index contributed by atoms with van der Waals surface area (Å²) in [7, 11) is 0. The molecule has 1 aliphatic rings. The molecular weight excluding hydrogens is 254 g/mol. The van der Waals surface area contributed by atoms with Crippen LogP contribution in [0.2, 0.25) is 0 Å². The first-order valence-corrected chi connectivity index (χ1v) is 6.74. The van der Waals surface area contributed by atoms with Gasteiger partial charge in [0, 0.05) is 25.7 Å². The van der Waals surface area contributed by atoms with E-state index in [0.29, 0.717) is 6.54 Å². The van der Waals surface area contributed by atoms with E-state index in [9.17, 15) is 9.90 Å². The Bertz CT molecular complexity index is 543. The van der Waals surface area contributed by atoms with E-state index in [0.717, 1.165) is 18.7 Å². The Labute approximate surface area is 118 Å². The van der Waals surface area contributed by atoms with Gasteiger partial charge in [0.25, 0.3) is 0 Å². The topological polar surface area (TPSA) is 76.4 Å². The second-order valence-corrected chi connectivity index (χ2v) is 5.52. The number of nitrogens with zero attached hydrogens (tertiary/aromatic N) is 2. The normalized spacial score (nSPS) is 15.7. The highest BCUT2D eigenvalue weighted by atomic mass is 16.3. The highest BCUT2D eigenvalue weighted by Crippen LogP contribution is 2.22. The number of hydrogen-bond donors (Lipinski definition) is 2. The molecule has 0 radical (unpaired) electrons. The third-order valence-electron chi connectivity index (χ3n) is 3.35. The molecule has 5 heteroatoms. The summed E-state index contributed by atoms with van der Waals surface area (Å²) in [5, 5.41) is 21.2. The zero-order chi connectivity index (χ0) is 14.7. The van der Waals surface area contributed by atoms with Gasteiger partial charge in [-0.25, -0.2) is 0 Å². The van der Waals surface area contributed by atoms with Crippen molar-refractivity contribution in [3.63, 3.8) is 0 Å². The van der Waals surface area contributed by atoms with E-state index in [1.165, 1.54) is 6.07 Å². The molecule has 0 bridgehead atoms. The van der Waals surface area contributed by atoms with Crippen LogP contribution in [0.4, 0.5) is 0 Å². The van der Waals surface area contributed by atoms with Crippen LogP contribution < -0.4 is 5.32 Å². The third kappa shape index (κ3) is 3.28. The highest BCUT2D eigenvalue weighted by Gasteiger charge is 2.32. The number of likely N-dealkylation sites (tertiary alicyclic amines) is 1. The minimum atomic E-state index is 0.00838. The van der Waals surface area contributed by atoms with Gasteiger partial charge in [0.05, 0.1) is 11.5 Å². The molecule has 0 spiro atoms. The van der Waals surface area contributed by atoms with Crippen LogP contribution in [0.15, 0.2) is 18.2 Å². The number of phenols is 1. The van der Waals surface area contributed by atoms with E-state index in [1.54, 1.807) is 12.1 Å². The Morgan fingerprint density at radius 1 is 1.55 bits per heavy atom. The van der Waals surface area contributed by atoms with Gasteiger partial charge in [-0.3, -0.25) is 9.69 Å². The van der Waals surface area contributed by atoms with Crippen LogP contribution in [0, 0.1) is 17.2 Å². The van der Waals surface area contributed by atoms with Crippen LogP contribution >= 0.6 is 0 Å². The zero-order valence-electron chi connectivity index (χ0n) is 11.8. The van der Waals surface area contributed by atoms with Crippen molar-refractivity contribution in [2.75, 3.05) is 13.1 Å². The summed E-state index contributed by atoms with van der Waals surface area (Å²) in [4.78, 5) is 13.9. The maximum atomic E-state index is 11.8. The lowest BCUT2D eigenvalue weighted by molar-refractivity contribution is -0.131. The van der Waals surface area contributed by atoms with E-state index < -0.39 is 0 Å². The number of nitrogens with one attached hydrogen (secondary N) is 1. The molecule has 1 amide bonds. The number of benzene rings is 1. The van der Waals surface area contributed by atoms with Gasteiger partial charge >= 0.3 is 0 Å². The Hall–Kier alpha value is -2.06. The first-order valence-electron chi connectivity index (χ1n) is 6.74. The van der Waals surface area contributed by atoms with Crippen LogP contribution in [0.1, 0.15) is 25.0 Å². The van der Waals surface area contributed by atoms with E-state index >= 15 is 0 Å². The lowest BCUT2D eigenvalue weighted by Gasteiger charge is -2.38. The molecule has 0 unspecified atom stereocenters. The molecule has 2 N–H and O–H groups in total. The maximum Gasteiger partial charge on any atom is 0.225 e. The molecule has 5 nitrogen and oxygen atoms in total. The summed E-state index contributed by atoms with van der Waals surface area (Å²) < 4.78 is 0. The van der Waals surface area contributed by atoms with E-state index in [1.807, 2.05) is 19.9 Å². The fourth-order valence-corrected chi connectivity index (χ4v) is 2.30. The van der Waals surface area contributed by atoms with E-state index in [4.69, 9.17) is 5.26 Å². The van der Waals surface area contributed by atoms with Crippen molar-refractivity contribution in [1.82, 2.24) is 10.2 Å². The van der Waals surface area contributed by atoms with Crippen LogP contribution in [0.25, 0.3) is 0 Å². The molecule has 0 atom stereocenters. The number of carbonyl (C=O) groups excluding carboxylic acids is 1. The molecule has 106 valence electrons. The number of nitriles is 1.